The first-order valence-corrected chi connectivity index (χ1v) is 32.4. The minimum absolute atomic E-state index is 0.736. The summed E-state index contributed by atoms with van der Waals surface area (Å²) in [5.74, 6) is 0. The van der Waals surface area contributed by atoms with Crippen LogP contribution in [0.2, 0.25) is 5.02 Å². The average molecular weight is 1230 g/mol. The maximum Gasteiger partial charge on any atom is 0.159 e. The highest BCUT2D eigenvalue weighted by atomic mass is 35.5. The highest BCUT2D eigenvalue weighted by Crippen LogP contribution is 2.50. The van der Waals surface area contributed by atoms with E-state index >= 15 is 0 Å². The lowest BCUT2D eigenvalue weighted by molar-refractivity contribution is 0.668. The molecule has 0 aliphatic heterocycles. The Kier molecular flexibility index (Phi) is 14.1. The molecule has 0 aliphatic carbocycles. The van der Waals surface area contributed by atoms with Gasteiger partial charge in [0.25, 0.3) is 0 Å². The van der Waals surface area contributed by atoms with Crippen molar-refractivity contribution in [2.75, 3.05) is 14.7 Å². The largest absolute Gasteiger partial charge is 0.456 e. The summed E-state index contributed by atoms with van der Waals surface area (Å²) in [5.41, 5.74) is 18.0. The van der Waals surface area contributed by atoms with Gasteiger partial charge in [0.05, 0.1) is 33.8 Å². The van der Waals surface area contributed by atoms with E-state index in [0.29, 0.717) is 0 Å². The number of anilines is 9. The Morgan fingerprint density at radius 3 is 1.26 bits per heavy atom. The molecule has 0 atom stereocenters. The molecule has 0 bridgehead atoms. The van der Waals surface area contributed by atoms with Crippen LogP contribution < -0.4 is 14.7 Å². The summed E-state index contributed by atoms with van der Waals surface area (Å²) >= 11 is 8.04. The number of benzene rings is 15. The summed E-state index contributed by atoms with van der Waals surface area (Å²) in [6.45, 7) is 0. The van der Waals surface area contributed by atoms with E-state index in [4.69, 9.17) is 20.4 Å². The van der Waals surface area contributed by atoms with Gasteiger partial charge in [0.2, 0.25) is 0 Å². The molecule has 18 aromatic rings. The predicted octanol–water partition coefficient (Wildman–Crippen LogP) is 26.2. The van der Waals surface area contributed by atoms with Crippen LogP contribution in [0.3, 0.4) is 0 Å². The summed E-state index contributed by atoms with van der Waals surface area (Å²) in [4.78, 5) is 7.08. The van der Waals surface area contributed by atoms with E-state index in [0.717, 1.165) is 111 Å². The second-order valence-corrected chi connectivity index (χ2v) is 24.7. The molecule has 0 amide bonds. The van der Waals surface area contributed by atoms with Gasteiger partial charge < -0.3 is 23.5 Å². The van der Waals surface area contributed by atoms with E-state index in [9.17, 15) is 0 Å². The van der Waals surface area contributed by atoms with E-state index in [-0.39, 0.29) is 0 Å². The standard InChI is InChI=1S/C52H34N2OS.C34H22ClNO/c1-3-15-36(16-4-1)53(46-24-14-28-50-51(46)44-22-10-12-27-49(44)56-50)38-31-29-35(30-32-38)39-33-34-45(41-20-8-7-19-40(39)41)54(37-17-5-2-6-18-37)47-25-13-23-43-42-21-9-11-26-48(42)55-52(43)47;35-24-19-17-23(18-20-24)26-21-22-30(28-12-5-4-11-27(26)28)36(25-9-2-1-3-10-25)31-14-8-16-33-34(31)29-13-6-7-15-32(29)37-33/h1-34H;1-22H. The molecule has 0 spiro atoms. The third kappa shape index (κ3) is 9.88. The molecule has 0 saturated carbocycles. The molecule has 0 N–H and O–H groups in total. The van der Waals surface area contributed by atoms with Gasteiger partial charge in [-0.05, 0) is 154 Å². The molecule has 5 nitrogen and oxygen atoms in total. The lowest BCUT2D eigenvalue weighted by Gasteiger charge is -2.28. The summed E-state index contributed by atoms with van der Waals surface area (Å²) in [6.07, 6.45) is 0. The smallest absolute Gasteiger partial charge is 0.159 e. The van der Waals surface area contributed by atoms with E-state index < -0.39 is 0 Å². The van der Waals surface area contributed by atoms with E-state index in [1.807, 2.05) is 53.8 Å². The molecule has 7 heteroatoms. The van der Waals surface area contributed by atoms with Crippen LogP contribution in [-0.4, -0.2) is 0 Å². The van der Waals surface area contributed by atoms with Crippen LogP contribution in [0.1, 0.15) is 0 Å². The number of nitrogens with zero attached hydrogens (tertiary/aromatic N) is 3. The molecule has 3 heterocycles. The molecule has 15 aromatic carbocycles. The van der Waals surface area contributed by atoms with Crippen molar-refractivity contribution >= 4 is 160 Å². The summed E-state index contributed by atoms with van der Waals surface area (Å²) in [7, 11) is 0. The van der Waals surface area contributed by atoms with Crippen LogP contribution in [-0.2, 0) is 0 Å². The monoisotopic (exact) mass is 1230 g/mol. The highest BCUT2D eigenvalue weighted by molar-refractivity contribution is 7.26. The first-order valence-electron chi connectivity index (χ1n) is 31.2. The third-order valence-corrected chi connectivity index (χ3v) is 19.2. The zero-order valence-corrected chi connectivity index (χ0v) is 51.8. The van der Waals surface area contributed by atoms with Gasteiger partial charge in [-0.1, -0.05) is 230 Å². The van der Waals surface area contributed by atoms with Crippen molar-refractivity contribution in [3.63, 3.8) is 0 Å². The van der Waals surface area contributed by atoms with E-state index in [1.54, 1.807) is 0 Å². The number of thiophene rings is 1. The molecule has 3 aromatic heterocycles. The highest BCUT2D eigenvalue weighted by Gasteiger charge is 2.25. The summed E-state index contributed by atoms with van der Waals surface area (Å²) in [5, 5.41) is 12.4. The second-order valence-electron chi connectivity index (χ2n) is 23.2. The Labute approximate surface area is 546 Å². The zero-order chi connectivity index (χ0) is 61.8. The fourth-order valence-electron chi connectivity index (χ4n) is 13.6. The average Bonchev–Trinajstić information content (AvgIpc) is 1.76. The van der Waals surface area contributed by atoms with E-state index in [1.165, 1.54) is 53.1 Å². The first-order chi connectivity index (χ1) is 46.1. The van der Waals surface area contributed by atoms with Crippen molar-refractivity contribution in [1.29, 1.82) is 0 Å². The van der Waals surface area contributed by atoms with Gasteiger partial charge >= 0.3 is 0 Å². The number of para-hydroxylation sites is 6. The molecule has 0 aliphatic rings. The summed E-state index contributed by atoms with van der Waals surface area (Å²) < 4.78 is 15.4. The van der Waals surface area contributed by atoms with Crippen LogP contribution in [0.15, 0.2) is 349 Å². The van der Waals surface area contributed by atoms with Gasteiger partial charge in [-0.3, -0.25) is 0 Å². The van der Waals surface area contributed by atoms with Crippen molar-refractivity contribution in [2.24, 2.45) is 0 Å². The van der Waals surface area contributed by atoms with Crippen LogP contribution in [0.4, 0.5) is 51.2 Å². The van der Waals surface area contributed by atoms with Gasteiger partial charge in [0.1, 0.15) is 16.7 Å². The molecule has 0 fully saturated rings. The lowest BCUT2D eigenvalue weighted by Crippen LogP contribution is -2.11. The van der Waals surface area contributed by atoms with Crippen molar-refractivity contribution in [3.05, 3.63) is 345 Å². The van der Waals surface area contributed by atoms with E-state index in [2.05, 4.69) is 312 Å². The molecule has 440 valence electrons. The van der Waals surface area contributed by atoms with Crippen LogP contribution >= 0.6 is 22.9 Å². The third-order valence-electron chi connectivity index (χ3n) is 17.8. The maximum absolute atomic E-state index is 6.60. The van der Waals surface area contributed by atoms with Crippen LogP contribution in [0.5, 0.6) is 0 Å². The molecule has 0 unspecified atom stereocenters. The number of hydrogen-bond donors (Lipinski definition) is 0. The number of furan rings is 2. The number of halogens is 1. The minimum Gasteiger partial charge on any atom is -0.456 e. The number of fused-ring (bicyclic) bond motifs is 11. The van der Waals surface area contributed by atoms with Gasteiger partial charge in [-0.25, -0.2) is 0 Å². The van der Waals surface area contributed by atoms with Gasteiger partial charge in [-0.2, -0.15) is 0 Å². The first kappa shape index (κ1) is 55.4. The number of hydrogen-bond acceptors (Lipinski definition) is 6. The van der Waals surface area contributed by atoms with Gasteiger partial charge in [0, 0.05) is 74.9 Å². The topological polar surface area (TPSA) is 36.0 Å². The van der Waals surface area contributed by atoms with Gasteiger partial charge in [-0.15, -0.1) is 11.3 Å². The second kappa shape index (κ2) is 23.6. The Bertz CT molecular complexity index is 5790. The fraction of sp³-hybridized carbons (Fsp3) is 0. The Morgan fingerprint density at radius 1 is 0.237 bits per heavy atom. The molecule has 0 radical (unpaired) electrons. The minimum atomic E-state index is 0.736. The molecule has 93 heavy (non-hydrogen) atoms. The quantitative estimate of drug-likeness (QED) is 0.129. The Balaban J connectivity index is 0.000000155. The van der Waals surface area contributed by atoms with Crippen LogP contribution in [0.25, 0.3) is 108 Å². The molecule has 0 saturated heterocycles. The van der Waals surface area contributed by atoms with Crippen LogP contribution in [0, 0.1) is 0 Å². The van der Waals surface area contributed by atoms with Crippen molar-refractivity contribution in [3.8, 4) is 22.3 Å². The number of rotatable bonds is 11. The normalized spacial score (nSPS) is 11.5. The summed E-state index contributed by atoms with van der Waals surface area (Å²) in [6, 6.07) is 120. The molecular formula is C86H56ClN3O2S. The van der Waals surface area contributed by atoms with Crippen molar-refractivity contribution in [2.45, 2.75) is 0 Å². The predicted molar refractivity (Wildman–Crippen MR) is 395 cm³/mol. The molecule has 18 rings (SSSR count). The fourth-order valence-corrected chi connectivity index (χ4v) is 14.9. The lowest BCUT2D eigenvalue weighted by atomic mass is 9.96. The van der Waals surface area contributed by atoms with Gasteiger partial charge in [0.15, 0.2) is 5.58 Å². The Hall–Kier alpha value is -11.7. The molecular weight excluding hydrogens is 1170 g/mol. The van der Waals surface area contributed by atoms with Crippen molar-refractivity contribution < 1.29 is 8.83 Å². The Morgan fingerprint density at radius 2 is 0.645 bits per heavy atom. The zero-order valence-electron chi connectivity index (χ0n) is 50.3. The van der Waals surface area contributed by atoms with Crippen molar-refractivity contribution in [1.82, 2.24) is 0 Å². The SMILES string of the molecule is Clc1ccc(-c2ccc(N(c3ccccc3)c3cccc4oc5ccccc5c34)c3ccccc23)cc1.c1ccc(N(c2ccc(-c3ccc(N(c4ccccc4)c4cccc5sc6ccccc6c45)cc3)c3ccccc23)c2cccc3c2oc2ccccc23)cc1. The maximum atomic E-state index is 6.60.